The number of fused-ring (bicyclic) bond motifs is 1. The molecule has 1 aliphatic rings. The average molecular weight is 526 g/mol. The summed E-state index contributed by atoms with van der Waals surface area (Å²) in [5.74, 6) is -0.0219. The van der Waals surface area contributed by atoms with Gasteiger partial charge in [-0.1, -0.05) is 45.8 Å². The molecule has 0 aliphatic carbocycles. The first-order valence-corrected chi connectivity index (χ1v) is 11.3. The van der Waals surface area contributed by atoms with Crippen LogP contribution in [0.3, 0.4) is 0 Å². The second-order valence-corrected chi connectivity index (χ2v) is 8.75. The van der Waals surface area contributed by atoms with Crippen LogP contribution in [-0.2, 0) is 17.1 Å². The predicted molar refractivity (Wildman–Crippen MR) is 132 cm³/mol. The lowest BCUT2D eigenvalue weighted by Crippen LogP contribution is -2.62. The van der Waals surface area contributed by atoms with Gasteiger partial charge < -0.3 is 25.2 Å². The third kappa shape index (κ3) is 4.20. The zero-order valence-electron chi connectivity index (χ0n) is 18.9. The SMILES string of the molecule is COc1ccc(N2C(=O)Nc3ccc(Br)cc3[C@]2(O)C(=O)NCc2ccc(C)cc2)c(OC)c1. The number of carbonyl (C=O) groups excluding carboxylic acids is 2. The van der Waals surface area contributed by atoms with Crippen LogP contribution in [-0.4, -0.2) is 31.3 Å². The monoisotopic (exact) mass is 525 g/mol. The number of hydrogen-bond acceptors (Lipinski definition) is 5. The zero-order chi connectivity index (χ0) is 24.5. The molecule has 1 atom stereocenters. The largest absolute Gasteiger partial charge is 0.497 e. The first-order chi connectivity index (χ1) is 16.3. The lowest BCUT2D eigenvalue weighted by molar-refractivity contribution is -0.140. The van der Waals surface area contributed by atoms with Crippen molar-refractivity contribution in [1.82, 2.24) is 5.32 Å². The number of nitrogens with zero attached hydrogens (tertiary/aromatic N) is 1. The standard InChI is InChI=1S/C25H24BrN3O5/c1-15-4-6-16(7-5-15)14-27-23(30)25(32)19-12-17(26)8-10-20(19)28-24(31)29(25)21-11-9-18(33-2)13-22(21)34-3/h4-13,32H,14H2,1-3H3,(H,27,30)(H,28,31)/t25-/m0/s1. The summed E-state index contributed by atoms with van der Waals surface area (Å²) in [5, 5.41) is 17.5. The number of amides is 3. The summed E-state index contributed by atoms with van der Waals surface area (Å²) < 4.78 is 11.3. The number of aryl methyl sites for hydroxylation is 1. The summed E-state index contributed by atoms with van der Waals surface area (Å²) in [6.45, 7) is 2.14. The van der Waals surface area contributed by atoms with Crippen molar-refractivity contribution in [3.05, 3.63) is 81.8 Å². The van der Waals surface area contributed by atoms with Crippen molar-refractivity contribution in [3.8, 4) is 11.5 Å². The minimum Gasteiger partial charge on any atom is -0.497 e. The van der Waals surface area contributed by atoms with Crippen molar-refractivity contribution in [1.29, 1.82) is 0 Å². The fourth-order valence-electron chi connectivity index (χ4n) is 3.84. The van der Waals surface area contributed by atoms with E-state index in [1.807, 2.05) is 31.2 Å². The molecular formula is C25H24BrN3O5. The van der Waals surface area contributed by atoms with E-state index in [-0.39, 0.29) is 23.5 Å². The second-order valence-electron chi connectivity index (χ2n) is 7.83. The highest BCUT2D eigenvalue weighted by atomic mass is 79.9. The number of hydrogen-bond donors (Lipinski definition) is 3. The number of anilines is 2. The maximum Gasteiger partial charge on any atom is 0.329 e. The highest BCUT2D eigenvalue weighted by Crippen LogP contribution is 2.44. The third-order valence-corrected chi connectivity index (χ3v) is 6.14. The molecule has 1 aliphatic heterocycles. The number of halogens is 1. The number of urea groups is 1. The van der Waals surface area contributed by atoms with Gasteiger partial charge in [-0.05, 0) is 42.8 Å². The third-order valence-electron chi connectivity index (χ3n) is 5.64. The molecule has 0 saturated heterocycles. The molecule has 3 amide bonds. The molecule has 0 aromatic heterocycles. The van der Waals surface area contributed by atoms with Gasteiger partial charge in [-0.25, -0.2) is 9.69 Å². The van der Waals surface area contributed by atoms with Crippen LogP contribution in [0.2, 0.25) is 0 Å². The van der Waals surface area contributed by atoms with Crippen LogP contribution in [0, 0.1) is 6.92 Å². The quantitative estimate of drug-likeness (QED) is 0.445. The molecule has 3 aromatic rings. The van der Waals surface area contributed by atoms with Gasteiger partial charge in [-0.15, -0.1) is 0 Å². The highest BCUT2D eigenvalue weighted by molar-refractivity contribution is 9.10. The molecule has 0 unspecified atom stereocenters. The van der Waals surface area contributed by atoms with Gasteiger partial charge in [0.1, 0.15) is 11.5 Å². The van der Waals surface area contributed by atoms with Crippen molar-refractivity contribution in [3.63, 3.8) is 0 Å². The van der Waals surface area contributed by atoms with Gasteiger partial charge in [0.25, 0.3) is 11.6 Å². The number of benzene rings is 3. The molecule has 0 spiro atoms. The van der Waals surface area contributed by atoms with Crippen molar-refractivity contribution in [2.45, 2.75) is 19.2 Å². The van der Waals surface area contributed by atoms with Crippen LogP contribution in [0.1, 0.15) is 16.7 Å². The summed E-state index contributed by atoms with van der Waals surface area (Å²) in [6, 6.07) is 16.6. The van der Waals surface area contributed by atoms with E-state index in [0.29, 0.717) is 15.9 Å². The Morgan fingerprint density at radius 3 is 2.50 bits per heavy atom. The molecule has 0 radical (unpaired) electrons. The Kier molecular flexibility index (Phi) is 6.49. The van der Waals surface area contributed by atoms with E-state index < -0.39 is 17.7 Å². The lowest BCUT2D eigenvalue weighted by atomic mass is 9.94. The van der Waals surface area contributed by atoms with Crippen LogP contribution >= 0.6 is 15.9 Å². The summed E-state index contributed by atoms with van der Waals surface area (Å²) in [5.41, 5.74) is 0.304. The number of methoxy groups -OCH3 is 2. The Hall–Kier alpha value is -3.56. The number of ether oxygens (including phenoxy) is 2. The van der Waals surface area contributed by atoms with Gasteiger partial charge in [0.2, 0.25) is 0 Å². The molecule has 176 valence electrons. The Balaban J connectivity index is 1.81. The van der Waals surface area contributed by atoms with Gasteiger partial charge in [0, 0.05) is 22.6 Å². The van der Waals surface area contributed by atoms with Crippen molar-refractivity contribution < 1.29 is 24.2 Å². The Morgan fingerprint density at radius 2 is 1.82 bits per heavy atom. The van der Waals surface area contributed by atoms with E-state index in [1.54, 1.807) is 36.4 Å². The Bertz CT molecular complexity index is 1250. The number of rotatable bonds is 6. The van der Waals surface area contributed by atoms with Gasteiger partial charge in [-0.3, -0.25) is 4.79 Å². The smallest absolute Gasteiger partial charge is 0.329 e. The van der Waals surface area contributed by atoms with Crippen LogP contribution < -0.4 is 25.0 Å². The van der Waals surface area contributed by atoms with E-state index in [9.17, 15) is 14.7 Å². The molecule has 34 heavy (non-hydrogen) atoms. The van der Waals surface area contributed by atoms with E-state index >= 15 is 0 Å². The molecule has 8 nitrogen and oxygen atoms in total. The normalized spacial score (nSPS) is 17.0. The number of aliphatic hydroxyl groups is 1. The van der Waals surface area contributed by atoms with Gasteiger partial charge >= 0.3 is 6.03 Å². The first kappa shape index (κ1) is 23.6. The van der Waals surface area contributed by atoms with Crippen LogP contribution in [0.5, 0.6) is 11.5 Å². The van der Waals surface area contributed by atoms with Gasteiger partial charge in [0.15, 0.2) is 0 Å². The van der Waals surface area contributed by atoms with E-state index in [1.165, 1.54) is 14.2 Å². The molecule has 3 aromatic carbocycles. The van der Waals surface area contributed by atoms with Crippen molar-refractivity contribution in [2.24, 2.45) is 0 Å². The van der Waals surface area contributed by atoms with Gasteiger partial charge in [-0.2, -0.15) is 0 Å². The molecule has 0 bridgehead atoms. The van der Waals surface area contributed by atoms with Crippen molar-refractivity contribution in [2.75, 3.05) is 24.4 Å². The summed E-state index contributed by atoms with van der Waals surface area (Å²) in [4.78, 5) is 27.9. The molecule has 9 heteroatoms. The maximum atomic E-state index is 13.6. The van der Waals surface area contributed by atoms with Gasteiger partial charge in [0.05, 0.1) is 25.6 Å². The van der Waals surface area contributed by atoms with Crippen molar-refractivity contribution >= 4 is 39.2 Å². The van der Waals surface area contributed by atoms with E-state index in [0.717, 1.165) is 16.0 Å². The van der Waals surface area contributed by atoms with Crippen LogP contribution in [0.25, 0.3) is 0 Å². The Morgan fingerprint density at radius 1 is 1.09 bits per heavy atom. The topological polar surface area (TPSA) is 100 Å². The summed E-state index contributed by atoms with van der Waals surface area (Å²) in [6.07, 6.45) is 0. The summed E-state index contributed by atoms with van der Waals surface area (Å²) in [7, 11) is 2.94. The Labute approximate surface area is 205 Å². The lowest BCUT2D eigenvalue weighted by Gasteiger charge is -2.43. The van der Waals surface area contributed by atoms with E-state index in [4.69, 9.17) is 9.47 Å². The molecule has 4 rings (SSSR count). The zero-order valence-corrected chi connectivity index (χ0v) is 20.5. The molecule has 0 saturated carbocycles. The highest BCUT2D eigenvalue weighted by Gasteiger charge is 2.52. The molecule has 0 fully saturated rings. The van der Waals surface area contributed by atoms with Crippen LogP contribution in [0.4, 0.5) is 16.2 Å². The first-order valence-electron chi connectivity index (χ1n) is 10.5. The molecule has 1 heterocycles. The fraction of sp³-hybridized carbons (Fsp3) is 0.200. The summed E-state index contributed by atoms with van der Waals surface area (Å²) >= 11 is 3.40. The maximum absolute atomic E-state index is 13.6. The second kappa shape index (κ2) is 9.36. The average Bonchev–Trinajstić information content (AvgIpc) is 2.84. The van der Waals surface area contributed by atoms with Crippen LogP contribution in [0.15, 0.2) is 65.1 Å². The predicted octanol–water partition coefficient (Wildman–Crippen LogP) is 4.29. The number of nitrogens with one attached hydrogen (secondary N) is 2. The molecule has 3 N–H and O–H groups in total. The minimum absolute atomic E-state index is 0.167. The number of carbonyl (C=O) groups is 2. The molecular weight excluding hydrogens is 502 g/mol. The van der Waals surface area contributed by atoms with E-state index in [2.05, 4.69) is 26.6 Å². The minimum atomic E-state index is -2.37. The fourth-order valence-corrected chi connectivity index (χ4v) is 4.20.